The molecule has 0 aromatic rings. The van der Waals surface area contributed by atoms with Crippen LogP contribution >= 0.6 is 0 Å². The summed E-state index contributed by atoms with van der Waals surface area (Å²) in [5.41, 5.74) is 0. The lowest BCUT2D eigenvalue weighted by atomic mass is 10.2. The van der Waals surface area contributed by atoms with Gasteiger partial charge < -0.3 is 19.5 Å². The van der Waals surface area contributed by atoms with Gasteiger partial charge in [-0.1, -0.05) is 0 Å². The second kappa shape index (κ2) is 8.93. The van der Waals surface area contributed by atoms with Crippen LogP contribution in [-0.4, -0.2) is 53.2 Å². The molecular weight excluding hydrogens is 206 g/mol. The van der Waals surface area contributed by atoms with Gasteiger partial charge in [0.25, 0.3) is 0 Å². The summed E-state index contributed by atoms with van der Waals surface area (Å²) in [5.74, 6) is 0.850. The topological polar surface area (TPSA) is 39.7 Å². The summed E-state index contributed by atoms with van der Waals surface area (Å²) < 4.78 is 15.9. The van der Waals surface area contributed by atoms with Crippen LogP contribution in [0.1, 0.15) is 19.3 Å². The number of rotatable bonds is 11. The van der Waals surface area contributed by atoms with Gasteiger partial charge in [-0.15, -0.1) is 0 Å². The Kier molecular flexibility index (Phi) is 7.76. The van der Waals surface area contributed by atoms with E-state index < -0.39 is 0 Å². The van der Waals surface area contributed by atoms with E-state index in [1.807, 2.05) is 7.05 Å². The fourth-order valence-corrected chi connectivity index (χ4v) is 1.67. The zero-order chi connectivity index (χ0) is 11.6. The standard InChI is InChI=1S/C12H25NO3/c1-13-12(11-4-5-11)10-16-7-3-6-15-9-8-14-2/h11-13H,3-10H2,1-2H3. The van der Waals surface area contributed by atoms with Gasteiger partial charge in [0.05, 0.1) is 19.8 Å². The summed E-state index contributed by atoms with van der Waals surface area (Å²) in [7, 11) is 3.70. The second-order valence-electron chi connectivity index (χ2n) is 4.27. The van der Waals surface area contributed by atoms with Gasteiger partial charge in [-0.2, -0.15) is 0 Å². The van der Waals surface area contributed by atoms with Crippen molar-refractivity contribution in [3.63, 3.8) is 0 Å². The highest BCUT2D eigenvalue weighted by molar-refractivity contribution is 4.85. The minimum Gasteiger partial charge on any atom is -0.382 e. The predicted octanol–water partition coefficient (Wildman–Crippen LogP) is 1.05. The van der Waals surface area contributed by atoms with Gasteiger partial charge in [-0.05, 0) is 32.2 Å². The van der Waals surface area contributed by atoms with E-state index in [1.165, 1.54) is 12.8 Å². The molecule has 1 saturated carbocycles. The number of hydrogen-bond donors (Lipinski definition) is 1. The zero-order valence-electron chi connectivity index (χ0n) is 10.5. The maximum absolute atomic E-state index is 5.62. The van der Waals surface area contributed by atoms with E-state index in [9.17, 15) is 0 Å². The van der Waals surface area contributed by atoms with Gasteiger partial charge in [-0.25, -0.2) is 0 Å². The molecule has 0 aliphatic heterocycles. The molecule has 1 aliphatic carbocycles. The molecule has 4 nitrogen and oxygen atoms in total. The second-order valence-corrected chi connectivity index (χ2v) is 4.27. The van der Waals surface area contributed by atoms with E-state index in [0.717, 1.165) is 32.2 Å². The van der Waals surface area contributed by atoms with Crippen LogP contribution < -0.4 is 5.32 Å². The quantitative estimate of drug-likeness (QED) is 0.540. The van der Waals surface area contributed by atoms with Crippen LogP contribution in [0.4, 0.5) is 0 Å². The molecule has 0 heterocycles. The fourth-order valence-electron chi connectivity index (χ4n) is 1.67. The van der Waals surface area contributed by atoms with Crippen molar-refractivity contribution >= 4 is 0 Å². The average Bonchev–Trinajstić information content (AvgIpc) is 3.11. The van der Waals surface area contributed by atoms with Crippen molar-refractivity contribution in [2.45, 2.75) is 25.3 Å². The first-order valence-corrected chi connectivity index (χ1v) is 6.20. The van der Waals surface area contributed by atoms with Crippen molar-refractivity contribution in [2.75, 3.05) is 47.2 Å². The lowest BCUT2D eigenvalue weighted by Gasteiger charge is -2.15. The molecule has 0 bridgehead atoms. The van der Waals surface area contributed by atoms with Crippen molar-refractivity contribution in [3.8, 4) is 0 Å². The highest BCUT2D eigenvalue weighted by atomic mass is 16.5. The number of hydrogen-bond acceptors (Lipinski definition) is 4. The minimum atomic E-state index is 0.550. The van der Waals surface area contributed by atoms with Gasteiger partial charge >= 0.3 is 0 Å². The molecule has 4 heteroatoms. The Labute approximate surface area is 98.6 Å². The normalized spacial score (nSPS) is 17.6. The Hall–Kier alpha value is -0.160. The molecule has 0 amide bonds. The van der Waals surface area contributed by atoms with E-state index in [-0.39, 0.29) is 0 Å². The molecule has 96 valence electrons. The van der Waals surface area contributed by atoms with Crippen molar-refractivity contribution < 1.29 is 14.2 Å². The smallest absolute Gasteiger partial charge is 0.0700 e. The molecular formula is C12H25NO3. The number of nitrogens with one attached hydrogen (secondary N) is 1. The molecule has 0 aromatic carbocycles. The predicted molar refractivity (Wildman–Crippen MR) is 63.7 cm³/mol. The Morgan fingerprint density at radius 3 is 2.50 bits per heavy atom. The van der Waals surface area contributed by atoms with Gasteiger partial charge in [0.2, 0.25) is 0 Å². The Bertz CT molecular complexity index is 162. The molecule has 16 heavy (non-hydrogen) atoms. The first-order chi connectivity index (χ1) is 7.88. The van der Waals surface area contributed by atoms with Crippen molar-refractivity contribution in [1.82, 2.24) is 5.32 Å². The van der Waals surface area contributed by atoms with Gasteiger partial charge in [0, 0.05) is 26.4 Å². The molecule has 0 saturated heterocycles. The molecule has 1 rings (SSSR count). The number of ether oxygens (including phenoxy) is 3. The third-order valence-corrected chi connectivity index (χ3v) is 2.87. The van der Waals surface area contributed by atoms with Crippen LogP contribution in [0.2, 0.25) is 0 Å². The molecule has 1 atom stereocenters. The summed E-state index contributed by atoms with van der Waals surface area (Å²) in [6, 6.07) is 0.550. The average molecular weight is 231 g/mol. The largest absolute Gasteiger partial charge is 0.382 e. The summed E-state index contributed by atoms with van der Waals surface area (Å²) in [5, 5.41) is 3.31. The summed E-state index contributed by atoms with van der Waals surface area (Å²) in [6.07, 6.45) is 3.68. The lowest BCUT2D eigenvalue weighted by molar-refractivity contribution is 0.0467. The maximum Gasteiger partial charge on any atom is 0.0700 e. The van der Waals surface area contributed by atoms with Crippen molar-refractivity contribution in [2.24, 2.45) is 5.92 Å². The van der Waals surface area contributed by atoms with Gasteiger partial charge in [-0.3, -0.25) is 0 Å². The molecule has 1 aliphatic rings. The Balaban J connectivity index is 1.80. The fraction of sp³-hybridized carbons (Fsp3) is 1.00. The first-order valence-electron chi connectivity index (χ1n) is 6.20. The SMILES string of the molecule is CNC(COCCCOCCOC)C1CC1. The van der Waals surface area contributed by atoms with Crippen LogP contribution in [-0.2, 0) is 14.2 Å². The molecule has 0 radical (unpaired) electrons. The van der Waals surface area contributed by atoms with Crippen LogP contribution in [0.5, 0.6) is 0 Å². The van der Waals surface area contributed by atoms with Gasteiger partial charge in [0.1, 0.15) is 0 Å². The van der Waals surface area contributed by atoms with Crippen LogP contribution in [0.15, 0.2) is 0 Å². The maximum atomic E-state index is 5.62. The molecule has 0 aromatic heterocycles. The van der Waals surface area contributed by atoms with Crippen LogP contribution in [0.25, 0.3) is 0 Å². The Morgan fingerprint density at radius 2 is 1.88 bits per heavy atom. The van der Waals surface area contributed by atoms with E-state index in [0.29, 0.717) is 19.3 Å². The van der Waals surface area contributed by atoms with E-state index in [2.05, 4.69) is 5.32 Å². The molecule has 0 spiro atoms. The first kappa shape index (κ1) is 13.9. The molecule has 1 unspecified atom stereocenters. The summed E-state index contributed by atoms with van der Waals surface area (Å²) in [4.78, 5) is 0. The Morgan fingerprint density at radius 1 is 1.12 bits per heavy atom. The van der Waals surface area contributed by atoms with E-state index in [4.69, 9.17) is 14.2 Å². The van der Waals surface area contributed by atoms with Crippen LogP contribution in [0, 0.1) is 5.92 Å². The number of methoxy groups -OCH3 is 1. The summed E-state index contributed by atoms with van der Waals surface area (Å²) >= 11 is 0. The zero-order valence-corrected chi connectivity index (χ0v) is 10.5. The molecule has 1 N–H and O–H groups in total. The van der Waals surface area contributed by atoms with Gasteiger partial charge in [0.15, 0.2) is 0 Å². The van der Waals surface area contributed by atoms with Crippen LogP contribution in [0.3, 0.4) is 0 Å². The monoisotopic (exact) mass is 231 g/mol. The third-order valence-electron chi connectivity index (χ3n) is 2.87. The van der Waals surface area contributed by atoms with E-state index >= 15 is 0 Å². The highest BCUT2D eigenvalue weighted by Gasteiger charge is 2.29. The van der Waals surface area contributed by atoms with Crippen molar-refractivity contribution in [3.05, 3.63) is 0 Å². The van der Waals surface area contributed by atoms with Crippen molar-refractivity contribution in [1.29, 1.82) is 0 Å². The minimum absolute atomic E-state index is 0.550. The highest BCUT2D eigenvalue weighted by Crippen LogP contribution is 2.32. The third kappa shape index (κ3) is 6.43. The molecule has 1 fully saturated rings. The lowest BCUT2D eigenvalue weighted by Crippen LogP contribution is -2.32. The summed E-state index contributed by atoms with van der Waals surface area (Å²) in [6.45, 7) is 3.73. The number of likely N-dealkylation sites (N-methyl/N-ethyl adjacent to an activating group) is 1. The van der Waals surface area contributed by atoms with E-state index in [1.54, 1.807) is 7.11 Å².